The summed E-state index contributed by atoms with van der Waals surface area (Å²) in [4.78, 5) is 14.9. The second-order valence-corrected chi connectivity index (χ2v) is 6.87. The van der Waals surface area contributed by atoms with E-state index in [1.165, 1.54) is 6.07 Å². The number of rotatable bonds is 4. The van der Waals surface area contributed by atoms with E-state index in [0.29, 0.717) is 12.4 Å². The highest BCUT2D eigenvalue weighted by molar-refractivity contribution is 5.68. The summed E-state index contributed by atoms with van der Waals surface area (Å²) < 4.78 is 47.8. The SMILES string of the molecule is CC(C)(C)OC(=O)N[C@H]1C[C@@H](COc2ccc(C(F)(F)F)nc2)C1. The van der Waals surface area contributed by atoms with E-state index in [1.54, 1.807) is 20.8 Å². The fraction of sp³-hybridized carbons (Fsp3) is 0.625. The van der Waals surface area contributed by atoms with E-state index in [4.69, 9.17) is 9.47 Å². The van der Waals surface area contributed by atoms with Gasteiger partial charge in [0.15, 0.2) is 0 Å². The number of pyridine rings is 1. The number of carbonyl (C=O) groups is 1. The lowest BCUT2D eigenvalue weighted by Gasteiger charge is -2.35. The van der Waals surface area contributed by atoms with Crippen molar-refractivity contribution in [1.82, 2.24) is 10.3 Å². The quantitative estimate of drug-likeness (QED) is 0.901. The molecule has 1 N–H and O–H groups in total. The van der Waals surface area contributed by atoms with Gasteiger partial charge >= 0.3 is 12.3 Å². The van der Waals surface area contributed by atoms with Crippen molar-refractivity contribution in [1.29, 1.82) is 0 Å². The van der Waals surface area contributed by atoms with Gasteiger partial charge in [-0.15, -0.1) is 0 Å². The van der Waals surface area contributed by atoms with E-state index < -0.39 is 23.6 Å². The molecule has 1 amide bonds. The number of amides is 1. The minimum Gasteiger partial charge on any atom is -0.492 e. The minimum atomic E-state index is -4.45. The van der Waals surface area contributed by atoms with Gasteiger partial charge in [-0.2, -0.15) is 13.2 Å². The molecule has 1 fully saturated rings. The first kappa shape index (κ1) is 18.4. The maximum atomic E-state index is 12.4. The van der Waals surface area contributed by atoms with E-state index in [2.05, 4.69) is 10.3 Å². The van der Waals surface area contributed by atoms with Gasteiger partial charge in [-0.05, 0) is 51.7 Å². The van der Waals surface area contributed by atoms with Crippen molar-refractivity contribution in [3.63, 3.8) is 0 Å². The average molecular weight is 346 g/mol. The summed E-state index contributed by atoms with van der Waals surface area (Å²) in [5.74, 6) is 0.541. The molecular weight excluding hydrogens is 325 g/mol. The Kier molecular flexibility index (Phi) is 5.25. The highest BCUT2D eigenvalue weighted by Crippen LogP contribution is 2.30. The van der Waals surface area contributed by atoms with E-state index in [1.807, 2.05) is 0 Å². The third-order valence-corrected chi connectivity index (χ3v) is 3.47. The molecule has 1 heterocycles. The lowest BCUT2D eigenvalue weighted by Crippen LogP contribution is -2.47. The normalized spacial score (nSPS) is 20.9. The fourth-order valence-electron chi connectivity index (χ4n) is 2.31. The predicted molar refractivity (Wildman–Crippen MR) is 80.6 cm³/mol. The van der Waals surface area contributed by atoms with Crippen LogP contribution in [-0.2, 0) is 10.9 Å². The van der Waals surface area contributed by atoms with Crippen molar-refractivity contribution in [3.05, 3.63) is 24.0 Å². The van der Waals surface area contributed by atoms with E-state index in [-0.39, 0.29) is 12.0 Å². The molecule has 1 aliphatic rings. The number of ether oxygens (including phenoxy) is 2. The van der Waals surface area contributed by atoms with Crippen LogP contribution in [0.15, 0.2) is 18.3 Å². The standard InChI is InChI=1S/C16H21F3N2O3/c1-15(2,3)24-14(22)21-11-6-10(7-11)9-23-12-4-5-13(20-8-12)16(17,18)19/h4-5,8,10-11H,6-7,9H2,1-3H3,(H,21,22)/t10-,11+. The first-order chi connectivity index (χ1) is 11.0. The molecule has 1 aliphatic carbocycles. The molecular formula is C16H21F3N2O3. The van der Waals surface area contributed by atoms with Crippen LogP contribution in [-0.4, -0.2) is 29.3 Å². The van der Waals surface area contributed by atoms with Gasteiger partial charge in [0.2, 0.25) is 0 Å². The molecule has 0 unspecified atom stereocenters. The predicted octanol–water partition coefficient (Wildman–Crippen LogP) is 3.78. The summed E-state index contributed by atoms with van der Waals surface area (Å²) in [6.45, 7) is 5.76. The first-order valence-electron chi connectivity index (χ1n) is 7.68. The molecule has 24 heavy (non-hydrogen) atoms. The van der Waals surface area contributed by atoms with Crippen LogP contribution in [0.3, 0.4) is 0 Å². The number of nitrogens with zero attached hydrogens (tertiary/aromatic N) is 1. The maximum Gasteiger partial charge on any atom is 0.433 e. The Hall–Kier alpha value is -1.99. The molecule has 0 spiro atoms. The number of nitrogens with one attached hydrogen (secondary N) is 1. The Morgan fingerprint density at radius 2 is 1.96 bits per heavy atom. The summed E-state index contributed by atoms with van der Waals surface area (Å²) in [6, 6.07) is 2.19. The van der Waals surface area contributed by atoms with Crippen LogP contribution >= 0.6 is 0 Å². The molecule has 8 heteroatoms. The van der Waals surface area contributed by atoms with E-state index >= 15 is 0 Å². The van der Waals surface area contributed by atoms with Gasteiger partial charge in [-0.25, -0.2) is 9.78 Å². The summed E-state index contributed by atoms with van der Waals surface area (Å²) in [5.41, 5.74) is -1.48. The Balaban J connectivity index is 1.68. The van der Waals surface area contributed by atoms with Crippen molar-refractivity contribution in [3.8, 4) is 5.75 Å². The monoisotopic (exact) mass is 346 g/mol. The largest absolute Gasteiger partial charge is 0.492 e. The van der Waals surface area contributed by atoms with Crippen molar-refractivity contribution < 1.29 is 27.4 Å². The van der Waals surface area contributed by atoms with Crippen LogP contribution in [0.25, 0.3) is 0 Å². The minimum absolute atomic E-state index is 0.0409. The fourth-order valence-corrected chi connectivity index (χ4v) is 2.31. The number of aromatic nitrogens is 1. The third-order valence-electron chi connectivity index (χ3n) is 3.47. The second-order valence-electron chi connectivity index (χ2n) is 6.87. The number of alkyl carbamates (subject to hydrolysis) is 1. The van der Waals surface area contributed by atoms with Crippen LogP contribution in [0.1, 0.15) is 39.3 Å². The van der Waals surface area contributed by atoms with Crippen molar-refractivity contribution in [2.75, 3.05) is 6.61 Å². The Morgan fingerprint density at radius 3 is 2.46 bits per heavy atom. The summed E-state index contributed by atoms with van der Waals surface area (Å²) in [7, 11) is 0. The molecule has 1 aromatic heterocycles. The molecule has 1 aromatic rings. The lowest BCUT2D eigenvalue weighted by atomic mass is 9.81. The number of hydrogen-bond acceptors (Lipinski definition) is 4. The smallest absolute Gasteiger partial charge is 0.433 e. The molecule has 0 aromatic carbocycles. The molecule has 134 valence electrons. The van der Waals surface area contributed by atoms with E-state index in [9.17, 15) is 18.0 Å². The summed E-state index contributed by atoms with van der Waals surface area (Å²) >= 11 is 0. The molecule has 0 aliphatic heterocycles. The van der Waals surface area contributed by atoms with Gasteiger partial charge in [0.25, 0.3) is 0 Å². The molecule has 1 saturated carbocycles. The van der Waals surface area contributed by atoms with Crippen molar-refractivity contribution >= 4 is 6.09 Å². The number of alkyl halides is 3. The molecule has 0 bridgehead atoms. The topological polar surface area (TPSA) is 60.5 Å². The van der Waals surface area contributed by atoms with Gasteiger partial charge in [0.05, 0.1) is 12.8 Å². The molecule has 0 saturated heterocycles. The Bertz CT molecular complexity index is 561. The Labute approximate surface area is 138 Å². The Morgan fingerprint density at radius 1 is 1.29 bits per heavy atom. The summed E-state index contributed by atoms with van der Waals surface area (Å²) in [6.07, 6.45) is -2.34. The van der Waals surface area contributed by atoms with Crippen molar-refractivity contribution in [2.45, 2.75) is 51.4 Å². The summed E-state index contributed by atoms with van der Waals surface area (Å²) in [5, 5.41) is 2.77. The average Bonchev–Trinajstić information content (AvgIpc) is 2.38. The van der Waals surface area contributed by atoms with Crippen molar-refractivity contribution in [2.24, 2.45) is 5.92 Å². The highest BCUT2D eigenvalue weighted by Gasteiger charge is 2.33. The highest BCUT2D eigenvalue weighted by atomic mass is 19.4. The number of hydrogen-bond donors (Lipinski definition) is 1. The number of halogens is 3. The van der Waals surface area contributed by atoms with Crippen LogP contribution < -0.4 is 10.1 Å². The molecule has 0 radical (unpaired) electrons. The van der Waals surface area contributed by atoms with Gasteiger partial charge in [-0.1, -0.05) is 0 Å². The third kappa shape index (κ3) is 5.58. The van der Waals surface area contributed by atoms with Gasteiger partial charge in [0, 0.05) is 6.04 Å². The zero-order valence-corrected chi connectivity index (χ0v) is 13.8. The lowest BCUT2D eigenvalue weighted by molar-refractivity contribution is -0.141. The second kappa shape index (κ2) is 6.86. The van der Waals surface area contributed by atoms with Crippen LogP contribution in [0, 0.1) is 5.92 Å². The van der Waals surface area contributed by atoms with E-state index in [0.717, 1.165) is 25.1 Å². The van der Waals surface area contributed by atoms with Gasteiger partial charge in [-0.3, -0.25) is 0 Å². The molecule has 0 atom stereocenters. The zero-order valence-electron chi connectivity index (χ0n) is 13.8. The first-order valence-corrected chi connectivity index (χ1v) is 7.68. The number of carbonyl (C=O) groups excluding carboxylic acids is 1. The van der Waals surface area contributed by atoms with Crippen LogP contribution in [0.4, 0.5) is 18.0 Å². The van der Waals surface area contributed by atoms with Gasteiger partial charge in [0.1, 0.15) is 17.0 Å². The van der Waals surface area contributed by atoms with Crippen LogP contribution in [0.5, 0.6) is 5.75 Å². The zero-order chi connectivity index (χ0) is 18.0. The molecule has 2 rings (SSSR count). The van der Waals surface area contributed by atoms with Gasteiger partial charge < -0.3 is 14.8 Å². The maximum absolute atomic E-state index is 12.4. The van der Waals surface area contributed by atoms with Crippen LogP contribution in [0.2, 0.25) is 0 Å². The molecule has 5 nitrogen and oxygen atoms in total.